The van der Waals surface area contributed by atoms with Crippen LogP contribution in [-0.2, 0) is 0 Å². The van der Waals surface area contributed by atoms with Crippen LogP contribution in [0.5, 0.6) is 0 Å². The van der Waals surface area contributed by atoms with Gasteiger partial charge in [-0.2, -0.15) is 0 Å². The maximum absolute atomic E-state index is 11.5. The second kappa shape index (κ2) is 4.64. The Morgan fingerprint density at radius 3 is 1.92 bits per heavy atom. The van der Waals surface area contributed by atoms with Gasteiger partial charge >= 0.3 is 18.9 Å². The van der Waals surface area contributed by atoms with Crippen molar-refractivity contribution in [3.63, 3.8) is 0 Å². The van der Waals surface area contributed by atoms with Crippen LogP contribution in [0.2, 0.25) is 13.1 Å². The first kappa shape index (κ1) is 12.5. The summed E-state index contributed by atoms with van der Waals surface area (Å²) < 4.78 is 1.03. The average Bonchev–Trinajstić information content (AvgIpc) is 1.86. The summed E-state index contributed by atoms with van der Waals surface area (Å²) in [5, 5.41) is 0.959. The van der Waals surface area contributed by atoms with Crippen molar-refractivity contribution in [2.24, 2.45) is 0 Å². The van der Waals surface area contributed by atoms with Crippen LogP contribution in [0.4, 0.5) is 0 Å². The summed E-state index contributed by atoms with van der Waals surface area (Å²) in [4.78, 5) is 11.5. The molecule has 0 aromatic heterocycles. The number of hydrogen-bond acceptors (Lipinski definition) is 1. The van der Waals surface area contributed by atoms with Crippen molar-refractivity contribution in [3.8, 4) is 0 Å². The van der Waals surface area contributed by atoms with Gasteiger partial charge < -0.3 is 4.80 Å². The molecule has 4 heteroatoms. The van der Waals surface area contributed by atoms with E-state index < -0.39 is 8.32 Å². The molecule has 0 aliphatic rings. The molecule has 60 valence electrons. The molecule has 1 aromatic rings. The van der Waals surface area contributed by atoms with Crippen LogP contribution in [0.15, 0.2) is 28.7 Å². The van der Waals surface area contributed by atoms with Gasteiger partial charge in [-0.3, -0.25) is 0 Å². The number of rotatable bonds is 1. The first-order valence-corrected chi connectivity index (χ1v) is 7.17. The Labute approximate surface area is 94.6 Å². The van der Waals surface area contributed by atoms with Crippen molar-refractivity contribution < 1.29 is 23.7 Å². The standard InChI is InChI=1S/C8H10BrOSi.Li/c1-11(2,10)8-5-3-7(9)4-6-8;/h3-6H,1-2H3;/q-1;+1. The van der Waals surface area contributed by atoms with Gasteiger partial charge in [-0.05, 0) is 20.5 Å². The predicted molar refractivity (Wildman–Crippen MR) is 51.3 cm³/mol. The Kier molecular flexibility index (Phi) is 4.82. The Bertz CT molecular complexity index is 242. The molecule has 0 aliphatic heterocycles. The zero-order valence-corrected chi connectivity index (χ0v) is 10.2. The molecule has 1 aromatic carbocycles. The second-order valence-corrected chi connectivity index (χ2v) is 7.53. The van der Waals surface area contributed by atoms with Crippen molar-refractivity contribution in [2.45, 2.75) is 13.1 Å². The molecule has 0 saturated heterocycles. The molecular formula is C8H10BrLiOSi. The Hall–Kier alpha value is 0.474. The molecule has 12 heavy (non-hydrogen) atoms. The fourth-order valence-electron chi connectivity index (χ4n) is 0.851. The van der Waals surface area contributed by atoms with Crippen LogP contribution in [0, 0.1) is 0 Å². The smallest absolute Gasteiger partial charge is 0.855 e. The third kappa shape index (κ3) is 3.46. The topological polar surface area (TPSA) is 23.1 Å². The molecule has 1 nitrogen and oxygen atoms in total. The van der Waals surface area contributed by atoms with E-state index in [0.717, 1.165) is 9.66 Å². The van der Waals surface area contributed by atoms with Gasteiger partial charge in [0.25, 0.3) is 0 Å². The van der Waals surface area contributed by atoms with Gasteiger partial charge in [0.05, 0.1) is 0 Å². The van der Waals surface area contributed by atoms with Crippen LogP contribution in [0.1, 0.15) is 0 Å². The number of benzene rings is 1. The van der Waals surface area contributed by atoms with Gasteiger partial charge in [0.15, 0.2) is 0 Å². The third-order valence-corrected chi connectivity index (χ3v) is 3.79. The summed E-state index contributed by atoms with van der Waals surface area (Å²) in [5.74, 6) is 0. The van der Waals surface area contributed by atoms with E-state index >= 15 is 0 Å². The Morgan fingerprint density at radius 1 is 1.17 bits per heavy atom. The number of hydrogen-bond donors (Lipinski definition) is 0. The van der Waals surface area contributed by atoms with E-state index in [1.165, 1.54) is 0 Å². The number of halogens is 1. The minimum absolute atomic E-state index is 0. The van der Waals surface area contributed by atoms with Crippen LogP contribution in [0.25, 0.3) is 0 Å². The van der Waals surface area contributed by atoms with Crippen molar-refractivity contribution >= 4 is 29.4 Å². The van der Waals surface area contributed by atoms with Crippen LogP contribution in [-0.4, -0.2) is 8.32 Å². The molecule has 0 spiro atoms. The Morgan fingerprint density at radius 2 is 1.58 bits per heavy atom. The summed E-state index contributed by atoms with van der Waals surface area (Å²) >= 11 is 3.33. The van der Waals surface area contributed by atoms with Gasteiger partial charge in [0, 0.05) is 4.47 Å². The van der Waals surface area contributed by atoms with E-state index in [0.29, 0.717) is 0 Å². The molecule has 0 atom stereocenters. The molecule has 0 aliphatic carbocycles. The van der Waals surface area contributed by atoms with Gasteiger partial charge in [0.1, 0.15) is 0 Å². The molecule has 0 N–H and O–H groups in total. The summed E-state index contributed by atoms with van der Waals surface area (Å²) in [6, 6.07) is 7.65. The van der Waals surface area contributed by atoms with Crippen molar-refractivity contribution in [3.05, 3.63) is 28.7 Å². The van der Waals surface area contributed by atoms with Gasteiger partial charge in [0.2, 0.25) is 0 Å². The largest absolute Gasteiger partial charge is 1.00 e. The summed E-state index contributed by atoms with van der Waals surface area (Å²) in [7, 11) is -2.33. The SMILES string of the molecule is C[Si](C)([O-])c1ccc(Br)cc1.[Li+]. The van der Waals surface area contributed by atoms with Crippen LogP contribution < -0.4 is 28.8 Å². The van der Waals surface area contributed by atoms with E-state index in [2.05, 4.69) is 15.9 Å². The monoisotopic (exact) mass is 236 g/mol. The Balaban J connectivity index is 0.00000121. The van der Waals surface area contributed by atoms with Gasteiger partial charge in [-0.25, -0.2) is 0 Å². The molecule has 0 radical (unpaired) electrons. The minimum Gasteiger partial charge on any atom is -0.855 e. The zero-order chi connectivity index (χ0) is 8.48. The van der Waals surface area contributed by atoms with Gasteiger partial charge in [-0.15, -0.1) is 0 Å². The van der Waals surface area contributed by atoms with Crippen molar-refractivity contribution in [1.82, 2.24) is 0 Å². The first-order chi connectivity index (χ1) is 5.00. The molecule has 0 unspecified atom stereocenters. The van der Waals surface area contributed by atoms with E-state index in [-0.39, 0.29) is 18.9 Å². The quantitative estimate of drug-likeness (QED) is 0.530. The molecule has 0 amide bonds. The van der Waals surface area contributed by atoms with Crippen molar-refractivity contribution in [1.29, 1.82) is 0 Å². The fourth-order valence-corrected chi connectivity index (χ4v) is 2.09. The zero-order valence-electron chi connectivity index (χ0n) is 7.60. The fraction of sp³-hybridized carbons (Fsp3) is 0.250. The summed E-state index contributed by atoms with van der Waals surface area (Å²) in [5.41, 5.74) is 0. The summed E-state index contributed by atoms with van der Waals surface area (Å²) in [6.07, 6.45) is 0. The van der Waals surface area contributed by atoms with E-state index in [1.807, 2.05) is 24.3 Å². The molecule has 0 fully saturated rings. The van der Waals surface area contributed by atoms with E-state index in [1.54, 1.807) is 13.1 Å². The normalized spacial score (nSPS) is 10.7. The maximum atomic E-state index is 11.5. The molecule has 1 rings (SSSR count). The molecular weight excluding hydrogens is 227 g/mol. The van der Waals surface area contributed by atoms with Gasteiger partial charge in [-0.1, -0.05) is 46.3 Å². The molecule has 0 heterocycles. The van der Waals surface area contributed by atoms with E-state index in [9.17, 15) is 4.80 Å². The van der Waals surface area contributed by atoms with Crippen LogP contribution in [0.3, 0.4) is 0 Å². The molecule has 0 bridgehead atoms. The predicted octanol–water partition coefficient (Wildman–Crippen LogP) is -1.77. The minimum atomic E-state index is -2.33. The first-order valence-electron chi connectivity index (χ1n) is 3.46. The van der Waals surface area contributed by atoms with Crippen LogP contribution >= 0.6 is 15.9 Å². The van der Waals surface area contributed by atoms with Crippen molar-refractivity contribution in [2.75, 3.05) is 0 Å². The summed E-state index contributed by atoms with van der Waals surface area (Å²) in [6.45, 7) is 3.60. The van der Waals surface area contributed by atoms with E-state index in [4.69, 9.17) is 0 Å². The third-order valence-electron chi connectivity index (χ3n) is 1.54. The second-order valence-electron chi connectivity index (χ2n) is 3.02. The average molecular weight is 237 g/mol. The molecule has 0 saturated carbocycles. The maximum Gasteiger partial charge on any atom is 1.00 e.